The molecule has 2 heterocycles. The maximum Gasteiger partial charge on any atom is 0.226 e. The van der Waals surface area contributed by atoms with Gasteiger partial charge in [-0.2, -0.15) is 0 Å². The topological polar surface area (TPSA) is 95.6 Å². The number of carbonyl (C=O) groups excluding carboxylic acids is 1. The maximum absolute atomic E-state index is 13.1. The smallest absolute Gasteiger partial charge is 0.226 e. The molecule has 31 heavy (non-hydrogen) atoms. The summed E-state index contributed by atoms with van der Waals surface area (Å²) < 4.78 is 0. The molecule has 3 unspecified atom stereocenters. The highest BCUT2D eigenvalue weighted by molar-refractivity contribution is 5.83. The van der Waals surface area contributed by atoms with Crippen molar-refractivity contribution in [3.8, 4) is 17.0 Å². The Bertz CT molecular complexity index is 1030. The van der Waals surface area contributed by atoms with Gasteiger partial charge in [0.15, 0.2) is 5.82 Å². The summed E-state index contributed by atoms with van der Waals surface area (Å²) in [5.74, 6) is 1.17. The number of anilines is 2. The highest BCUT2D eigenvalue weighted by Crippen LogP contribution is 2.45. The number of carbonyl (C=O) groups is 1. The molecule has 2 aromatic rings. The quantitative estimate of drug-likeness (QED) is 0.723. The second-order valence-electron chi connectivity index (χ2n) is 8.44. The van der Waals surface area contributed by atoms with E-state index in [4.69, 9.17) is 5.73 Å². The fraction of sp³-hybridized carbons (Fsp3) is 0.375. The van der Waals surface area contributed by atoms with E-state index in [0.29, 0.717) is 42.6 Å². The Kier molecular flexibility index (Phi) is 5.67. The molecule has 0 radical (unpaired) electrons. The molecular formula is C24H29N5O2. The van der Waals surface area contributed by atoms with Crippen molar-refractivity contribution in [1.82, 2.24) is 15.1 Å². The molecular weight excluding hydrogens is 390 g/mol. The van der Waals surface area contributed by atoms with Crippen LogP contribution in [0.3, 0.4) is 0 Å². The summed E-state index contributed by atoms with van der Waals surface area (Å²) in [4.78, 5) is 17.2. The lowest BCUT2D eigenvalue weighted by Gasteiger charge is -2.41. The van der Waals surface area contributed by atoms with Crippen molar-refractivity contribution in [3.63, 3.8) is 0 Å². The molecule has 1 aromatic carbocycles. The Morgan fingerprint density at radius 2 is 2.03 bits per heavy atom. The fourth-order valence-electron chi connectivity index (χ4n) is 4.46. The normalized spacial score (nSPS) is 23.5. The van der Waals surface area contributed by atoms with E-state index in [-0.39, 0.29) is 23.6 Å². The summed E-state index contributed by atoms with van der Waals surface area (Å²) in [6.45, 7) is 9.87. The Balaban J connectivity index is 1.48. The van der Waals surface area contributed by atoms with Crippen LogP contribution >= 0.6 is 0 Å². The molecule has 2 aliphatic rings. The van der Waals surface area contributed by atoms with Crippen molar-refractivity contribution in [2.24, 2.45) is 11.8 Å². The summed E-state index contributed by atoms with van der Waals surface area (Å²) in [6.07, 6.45) is 4.71. The lowest BCUT2D eigenvalue weighted by Crippen LogP contribution is -2.54. The van der Waals surface area contributed by atoms with E-state index in [1.807, 2.05) is 23.1 Å². The highest BCUT2D eigenvalue weighted by atomic mass is 16.3. The first-order chi connectivity index (χ1) is 14.9. The lowest BCUT2D eigenvalue weighted by atomic mass is 10.1. The zero-order chi connectivity index (χ0) is 22.1. The molecule has 0 spiro atoms. The van der Waals surface area contributed by atoms with Gasteiger partial charge in [-0.3, -0.25) is 4.79 Å². The van der Waals surface area contributed by atoms with Crippen LogP contribution in [0.1, 0.15) is 20.3 Å². The van der Waals surface area contributed by atoms with Crippen LogP contribution in [0.2, 0.25) is 0 Å². The summed E-state index contributed by atoms with van der Waals surface area (Å²) in [5, 5.41) is 18.4. The van der Waals surface area contributed by atoms with Crippen LogP contribution in [0, 0.1) is 11.8 Å². The van der Waals surface area contributed by atoms with Gasteiger partial charge in [0, 0.05) is 37.2 Å². The van der Waals surface area contributed by atoms with Crippen molar-refractivity contribution in [1.29, 1.82) is 0 Å². The number of nitrogens with two attached hydrogens (primary N) is 1. The minimum atomic E-state index is 0.0623. The van der Waals surface area contributed by atoms with Gasteiger partial charge in [-0.15, -0.1) is 10.2 Å². The molecule has 3 atom stereocenters. The molecule has 7 nitrogen and oxygen atoms in total. The summed E-state index contributed by atoms with van der Waals surface area (Å²) >= 11 is 0. The number of hydrogen-bond donors (Lipinski definition) is 2. The van der Waals surface area contributed by atoms with Gasteiger partial charge >= 0.3 is 0 Å². The third kappa shape index (κ3) is 4.13. The Morgan fingerprint density at radius 3 is 2.74 bits per heavy atom. The van der Waals surface area contributed by atoms with Crippen LogP contribution in [0.4, 0.5) is 11.5 Å². The Labute approximate surface area is 182 Å². The molecule has 162 valence electrons. The average molecular weight is 420 g/mol. The second-order valence-corrected chi connectivity index (χ2v) is 8.44. The number of aromatic hydroxyl groups is 1. The van der Waals surface area contributed by atoms with E-state index in [0.717, 1.165) is 12.1 Å². The summed E-state index contributed by atoms with van der Waals surface area (Å²) in [5.41, 5.74) is 9.33. The van der Waals surface area contributed by atoms with E-state index in [1.165, 1.54) is 5.57 Å². The molecule has 1 aliphatic carbocycles. The van der Waals surface area contributed by atoms with E-state index < -0.39 is 0 Å². The predicted molar refractivity (Wildman–Crippen MR) is 122 cm³/mol. The number of amides is 1. The predicted octanol–water partition coefficient (Wildman–Crippen LogP) is 3.24. The number of allylic oxidation sites excluding steroid dienone is 3. The number of benzene rings is 1. The minimum Gasteiger partial charge on any atom is -0.507 e. The third-order valence-electron chi connectivity index (χ3n) is 6.31. The standard InChI is InChI=1S/C24H29N5O2/c1-4-7-15(2)18-12-19(18)24(31)29-11-10-28(14-16(29)3)21-13-20(26-27-23(21)25)17-8-5-6-9-22(17)30/h4-9,13,16,18-19,30H,1,10-12,14H2,2-3H3,(H2,25,27)/b15-7+. The average Bonchev–Trinajstić information content (AvgIpc) is 3.55. The zero-order valence-electron chi connectivity index (χ0n) is 18.0. The van der Waals surface area contributed by atoms with E-state index in [2.05, 4.69) is 35.5 Å². The zero-order valence-corrected chi connectivity index (χ0v) is 18.0. The molecule has 1 aromatic heterocycles. The number of para-hydroxylation sites is 1. The molecule has 3 N–H and O–H groups in total. The SMILES string of the molecule is C=C/C=C(\C)C1CC1C(=O)N1CCN(c2cc(-c3ccccc3O)nnc2N)CC1C. The third-order valence-corrected chi connectivity index (χ3v) is 6.31. The second kappa shape index (κ2) is 8.41. The number of phenols is 1. The number of rotatable bonds is 5. The van der Waals surface area contributed by atoms with Gasteiger partial charge in [0.2, 0.25) is 5.91 Å². The van der Waals surface area contributed by atoms with Crippen LogP contribution in [0.5, 0.6) is 5.75 Å². The number of piperazine rings is 1. The summed E-state index contributed by atoms with van der Waals surface area (Å²) in [6, 6.07) is 8.95. The summed E-state index contributed by atoms with van der Waals surface area (Å²) in [7, 11) is 0. The molecule has 0 bridgehead atoms. The van der Waals surface area contributed by atoms with Gasteiger partial charge in [0.05, 0.1) is 11.4 Å². The van der Waals surface area contributed by atoms with Crippen molar-refractivity contribution in [2.45, 2.75) is 26.3 Å². The van der Waals surface area contributed by atoms with Gasteiger partial charge in [-0.05, 0) is 44.4 Å². The number of nitrogen functional groups attached to an aromatic ring is 1. The first-order valence-electron chi connectivity index (χ1n) is 10.7. The Hall–Kier alpha value is -3.35. The number of phenolic OH excluding ortho intramolecular Hbond substituents is 1. The first-order valence-corrected chi connectivity index (χ1v) is 10.7. The maximum atomic E-state index is 13.1. The van der Waals surface area contributed by atoms with Gasteiger partial charge < -0.3 is 20.6 Å². The highest BCUT2D eigenvalue weighted by Gasteiger charge is 2.47. The van der Waals surface area contributed by atoms with Gasteiger partial charge in [-0.1, -0.05) is 36.4 Å². The molecule has 7 heteroatoms. The number of hydrogen-bond acceptors (Lipinski definition) is 6. The minimum absolute atomic E-state index is 0.0623. The lowest BCUT2D eigenvalue weighted by molar-refractivity contribution is -0.135. The van der Waals surface area contributed by atoms with Crippen molar-refractivity contribution in [2.75, 3.05) is 30.3 Å². The first kappa shape index (κ1) is 20.9. The van der Waals surface area contributed by atoms with Crippen molar-refractivity contribution in [3.05, 3.63) is 54.6 Å². The van der Waals surface area contributed by atoms with Crippen LogP contribution in [0.25, 0.3) is 11.3 Å². The molecule has 2 fully saturated rings. The number of nitrogens with zero attached hydrogens (tertiary/aromatic N) is 4. The molecule has 1 saturated heterocycles. The molecule has 1 aliphatic heterocycles. The van der Waals surface area contributed by atoms with Crippen LogP contribution in [-0.2, 0) is 4.79 Å². The van der Waals surface area contributed by atoms with Crippen LogP contribution < -0.4 is 10.6 Å². The fourth-order valence-corrected chi connectivity index (χ4v) is 4.46. The van der Waals surface area contributed by atoms with Gasteiger partial charge in [0.25, 0.3) is 0 Å². The van der Waals surface area contributed by atoms with Gasteiger partial charge in [-0.25, -0.2) is 0 Å². The Morgan fingerprint density at radius 1 is 1.26 bits per heavy atom. The van der Waals surface area contributed by atoms with Gasteiger partial charge in [0.1, 0.15) is 5.75 Å². The van der Waals surface area contributed by atoms with Crippen LogP contribution in [0.15, 0.2) is 54.6 Å². The van der Waals surface area contributed by atoms with E-state index >= 15 is 0 Å². The number of aromatic nitrogens is 2. The monoisotopic (exact) mass is 419 g/mol. The largest absolute Gasteiger partial charge is 0.507 e. The molecule has 1 amide bonds. The van der Waals surface area contributed by atoms with Crippen LogP contribution in [-0.4, -0.2) is 51.8 Å². The van der Waals surface area contributed by atoms with Crippen molar-refractivity contribution < 1.29 is 9.90 Å². The van der Waals surface area contributed by atoms with E-state index in [1.54, 1.807) is 24.3 Å². The molecule has 4 rings (SSSR count). The van der Waals surface area contributed by atoms with E-state index in [9.17, 15) is 9.90 Å². The van der Waals surface area contributed by atoms with Crippen molar-refractivity contribution >= 4 is 17.4 Å². The molecule has 1 saturated carbocycles.